The summed E-state index contributed by atoms with van der Waals surface area (Å²) in [7, 11) is 0. The molecule has 1 N–H and O–H groups in total. The molecule has 7 heteroatoms. The Morgan fingerprint density at radius 2 is 1.96 bits per heavy atom. The second-order valence-electron chi connectivity index (χ2n) is 9.37. The minimum atomic E-state index is -0.992. The lowest BCUT2D eigenvalue weighted by atomic mass is 9.89. The molecule has 0 aliphatic heterocycles. The maximum Gasteiger partial charge on any atom is 0.326 e. The molecule has 0 radical (unpaired) electrons. The number of aliphatic carboxylic acids is 1. The third-order valence-corrected chi connectivity index (χ3v) is 5.41. The molecule has 2 saturated carbocycles. The highest BCUT2D eigenvalue weighted by Gasteiger charge is 2.40. The quantitative estimate of drug-likeness (QED) is 0.813. The van der Waals surface area contributed by atoms with E-state index in [0.29, 0.717) is 34.7 Å². The molecule has 150 valence electrons. The number of amides is 1. The molecule has 7 nitrogen and oxygen atoms in total. The highest BCUT2D eigenvalue weighted by Crippen LogP contribution is 2.41. The number of carboxylic acid groups (broad SMARTS) is 1. The van der Waals surface area contributed by atoms with E-state index in [1.807, 2.05) is 6.07 Å². The summed E-state index contributed by atoms with van der Waals surface area (Å²) in [6, 6.07) is 0.950. The Kier molecular flexibility index (Phi) is 4.43. The van der Waals surface area contributed by atoms with Crippen molar-refractivity contribution in [3.8, 4) is 0 Å². The van der Waals surface area contributed by atoms with E-state index in [2.05, 4.69) is 30.9 Å². The molecule has 28 heavy (non-hydrogen) atoms. The molecule has 4 rings (SSSR count). The first kappa shape index (κ1) is 18.9. The molecular formula is C21H27N3O4. The van der Waals surface area contributed by atoms with E-state index in [9.17, 15) is 14.7 Å². The molecule has 2 heterocycles. The van der Waals surface area contributed by atoms with Crippen LogP contribution in [-0.4, -0.2) is 44.1 Å². The van der Waals surface area contributed by atoms with E-state index in [4.69, 9.17) is 4.52 Å². The Bertz CT molecular complexity index is 935. The largest absolute Gasteiger partial charge is 0.480 e. The predicted molar refractivity (Wildman–Crippen MR) is 103 cm³/mol. The van der Waals surface area contributed by atoms with Crippen molar-refractivity contribution in [3.05, 3.63) is 23.0 Å². The molecule has 2 aliphatic carbocycles. The van der Waals surface area contributed by atoms with Gasteiger partial charge in [0.05, 0.1) is 16.6 Å². The van der Waals surface area contributed by atoms with Gasteiger partial charge in [-0.1, -0.05) is 25.9 Å². The predicted octanol–water partition coefficient (Wildman–Crippen LogP) is 3.77. The van der Waals surface area contributed by atoms with Crippen LogP contribution in [0.3, 0.4) is 0 Å². The summed E-state index contributed by atoms with van der Waals surface area (Å²) in [5.41, 5.74) is 2.37. The fourth-order valence-electron chi connectivity index (χ4n) is 3.68. The van der Waals surface area contributed by atoms with Gasteiger partial charge in [-0.3, -0.25) is 4.79 Å². The van der Waals surface area contributed by atoms with Gasteiger partial charge in [0.15, 0.2) is 0 Å². The van der Waals surface area contributed by atoms with Crippen LogP contribution in [0.2, 0.25) is 0 Å². The maximum absolute atomic E-state index is 13.6. The summed E-state index contributed by atoms with van der Waals surface area (Å²) < 4.78 is 5.52. The van der Waals surface area contributed by atoms with Crippen LogP contribution in [0, 0.1) is 5.41 Å². The zero-order valence-electron chi connectivity index (χ0n) is 16.9. The normalized spacial score (nSPS) is 18.3. The fourth-order valence-corrected chi connectivity index (χ4v) is 3.68. The summed E-state index contributed by atoms with van der Waals surface area (Å²) in [5, 5.41) is 14.4. The van der Waals surface area contributed by atoms with Crippen molar-refractivity contribution in [2.45, 2.75) is 77.8 Å². The van der Waals surface area contributed by atoms with Crippen molar-refractivity contribution in [1.82, 2.24) is 15.0 Å². The molecule has 1 amide bonds. The van der Waals surface area contributed by atoms with Crippen molar-refractivity contribution in [2.75, 3.05) is 0 Å². The summed E-state index contributed by atoms with van der Waals surface area (Å²) in [5.74, 6) is -0.906. The van der Waals surface area contributed by atoms with E-state index in [0.717, 1.165) is 31.4 Å². The number of rotatable bonds is 6. The Morgan fingerprint density at radius 3 is 2.50 bits per heavy atom. The number of carboxylic acids is 1. The molecule has 2 fully saturated rings. The lowest BCUT2D eigenvalue weighted by molar-refractivity contribution is -0.141. The molecule has 1 atom stereocenters. The molecule has 1 unspecified atom stereocenters. The lowest BCUT2D eigenvalue weighted by Gasteiger charge is -2.27. The summed E-state index contributed by atoms with van der Waals surface area (Å²) in [6.45, 7) is 7.88. The minimum absolute atomic E-state index is 0.0166. The smallest absolute Gasteiger partial charge is 0.326 e. The van der Waals surface area contributed by atoms with Gasteiger partial charge in [-0.15, -0.1) is 0 Å². The van der Waals surface area contributed by atoms with Crippen molar-refractivity contribution < 1.29 is 19.2 Å². The number of fused-ring (bicyclic) bond motifs is 1. The third kappa shape index (κ3) is 3.62. The van der Waals surface area contributed by atoms with Crippen molar-refractivity contribution in [1.29, 1.82) is 0 Å². The molecule has 2 aromatic heterocycles. The SMILES string of the molecule is CC(C(=O)O)N(C(=O)c1cc(C2CC2)nc2onc(CC(C)(C)C)c12)C1CC1. The van der Waals surface area contributed by atoms with Gasteiger partial charge >= 0.3 is 5.97 Å². The van der Waals surface area contributed by atoms with Crippen molar-refractivity contribution in [3.63, 3.8) is 0 Å². The second kappa shape index (κ2) is 6.57. The van der Waals surface area contributed by atoms with Crippen LogP contribution in [-0.2, 0) is 11.2 Å². The van der Waals surface area contributed by atoms with E-state index in [-0.39, 0.29) is 17.4 Å². The number of hydrogen-bond donors (Lipinski definition) is 1. The van der Waals surface area contributed by atoms with E-state index in [1.165, 1.54) is 4.90 Å². The van der Waals surface area contributed by atoms with Gasteiger partial charge in [-0.25, -0.2) is 9.78 Å². The summed E-state index contributed by atoms with van der Waals surface area (Å²) in [6.07, 6.45) is 4.42. The molecular weight excluding hydrogens is 358 g/mol. The standard InChI is InChI=1S/C21H27N3O4/c1-11(20(26)27)24(13-7-8-13)19(25)14-9-15(12-5-6-12)22-18-17(14)16(23-28-18)10-21(2,3)4/h9,11-13H,5-8,10H2,1-4H3,(H,26,27). The Labute approximate surface area is 164 Å². The Morgan fingerprint density at radius 1 is 1.29 bits per heavy atom. The first-order chi connectivity index (χ1) is 13.2. The number of carbonyl (C=O) groups is 2. The lowest BCUT2D eigenvalue weighted by Crippen LogP contribution is -2.44. The first-order valence-corrected chi connectivity index (χ1v) is 10.0. The van der Waals surface area contributed by atoms with Crippen LogP contribution < -0.4 is 0 Å². The molecule has 0 bridgehead atoms. The molecule has 0 aromatic carbocycles. The number of carbonyl (C=O) groups excluding carboxylic acids is 1. The van der Waals surface area contributed by atoms with E-state index in [1.54, 1.807) is 6.92 Å². The molecule has 2 aliphatic rings. The Balaban J connectivity index is 1.84. The first-order valence-electron chi connectivity index (χ1n) is 10.0. The van der Waals surface area contributed by atoms with Crippen molar-refractivity contribution >= 4 is 23.0 Å². The Hall–Kier alpha value is -2.44. The fraction of sp³-hybridized carbons (Fsp3) is 0.619. The van der Waals surface area contributed by atoms with Crippen LogP contribution in [0.25, 0.3) is 11.1 Å². The summed E-state index contributed by atoms with van der Waals surface area (Å²) >= 11 is 0. The van der Waals surface area contributed by atoms with Gasteiger partial charge in [-0.05, 0) is 50.5 Å². The zero-order valence-corrected chi connectivity index (χ0v) is 16.9. The van der Waals surface area contributed by atoms with Gasteiger partial charge in [0.1, 0.15) is 6.04 Å². The van der Waals surface area contributed by atoms with Gasteiger partial charge < -0.3 is 14.5 Å². The monoisotopic (exact) mass is 385 g/mol. The van der Waals surface area contributed by atoms with E-state index >= 15 is 0 Å². The average Bonchev–Trinajstić information content (AvgIpc) is 3.51. The van der Waals surface area contributed by atoms with Crippen LogP contribution in [0.5, 0.6) is 0 Å². The number of hydrogen-bond acceptors (Lipinski definition) is 5. The van der Waals surface area contributed by atoms with Gasteiger partial charge in [0, 0.05) is 17.7 Å². The molecule has 2 aromatic rings. The number of nitrogens with zero attached hydrogens (tertiary/aromatic N) is 3. The molecule has 0 saturated heterocycles. The third-order valence-electron chi connectivity index (χ3n) is 5.41. The number of aromatic nitrogens is 2. The van der Waals surface area contributed by atoms with Gasteiger partial charge in [0.2, 0.25) is 0 Å². The second-order valence-corrected chi connectivity index (χ2v) is 9.37. The summed E-state index contributed by atoms with van der Waals surface area (Å²) in [4.78, 5) is 31.3. The average molecular weight is 385 g/mol. The van der Waals surface area contributed by atoms with Gasteiger partial charge in [-0.2, -0.15) is 0 Å². The van der Waals surface area contributed by atoms with Crippen LogP contribution in [0.4, 0.5) is 0 Å². The molecule has 0 spiro atoms. The topological polar surface area (TPSA) is 96.5 Å². The van der Waals surface area contributed by atoms with Crippen LogP contribution in [0.15, 0.2) is 10.6 Å². The van der Waals surface area contributed by atoms with Crippen LogP contribution >= 0.6 is 0 Å². The van der Waals surface area contributed by atoms with Crippen LogP contribution in [0.1, 0.15) is 81.0 Å². The van der Waals surface area contributed by atoms with Gasteiger partial charge in [0.25, 0.3) is 11.6 Å². The minimum Gasteiger partial charge on any atom is -0.480 e. The maximum atomic E-state index is 13.6. The highest BCUT2D eigenvalue weighted by atomic mass is 16.5. The number of pyridine rings is 1. The van der Waals surface area contributed by atoms with Crippen molar-refractivity contribution in [2.24, 2.45) is 5.41 Å². The zero-order chi connectivity index (χ0) is 20.2. The highest BCUT2D eigenvalue weighted by molar-refractivity contribution is 6.07. The van der Waals surface area contributed by atoms with E-state index < -0.39 is 12.0 Å².